The van der Waals surface area contributed by atoms with E-state index in [4.69, 9.17) is 5.11 Å². The molecule has 0 aromatic heterocycles. The molecule has 0 atom stereocenters. The van der Waals surface area contributed by atoms with Gasteiger partial charge in [-0.15, -0.1) is 13.2 Å². The predicted molar refractivity (Wildman–Crippen MR) is 64.5 cm³/mol. The molecule has 1 amide bonds. The molecule has 1 aliphatic rings. The number of nitrogens with zero attached hydrogens (tertiary/aromatic N) is 2. The maximum Gasteiger partial charge on any atom is 0.309 e. The zero-order valence-corrected chi connectivity index (χ0v) is 9.84. The number of aliphatic carboxylic acids is 1. The standard InChI is InChI=1S/C12H18N2O3/c1-3-5-14(6-4-2)11(15)9-13-7-10(8-13)12(16)17/h3-4,10H,1-2,5-9H2,(H,16,17). The van der Waals surface area contributed by atoms with Crippen molar-refractivity contribution in [2.45, 2.75) is 0 Å². The maximum absolute atomic E-state index is 11.8. The average molecular weight is 238 g/mol. The zero-order valence-electron chi connectivity index (χ0n) is 9.84. The molecule has 94 valence electrons. The highest BCUT2D eigenvalue weighted by Gasteiger charge is 2.33. The first kappa shape index (κ1) is 13.4. The molecule has 0 unspecified atom stereocenters. The molecule has 17 heavy (non-hydrogen) atoms. The fourth-order valence-electron chi connectivity index (χ4n) is 1.74. The van der Waals surface area contributed by atoms with Crippen molar-refractivity contribution in [2.24, 2.45) is 5.92 Å². The van der Waals surface area contributed by atoms with E-state index in [-0.39, 0.29) is 18.4 Å². The van der Waals surface area contributed by atoms with Crippen molar-refractivity contribution in [3.63, 3.8) is 0 Å². The Morgan fingerprint density at radius 3 is 2.24 bits per heavy atom. The Hall–Kier alpha value is -1.62. The molecular weight excluding hydrogens is 220 g/mol. The van der Waals surface area contributed by atoms with E-state index in [0.717, 1.165) is 0 Å². The largest absolute Gasteiger partial charge is 0.481 e. The van der Waals surface area contributed by atoms with Crippen LogP contribution in [-0.4, -0.2) is 59.5 Å². The molecule has 1 saturated heterocycles. The van der Waals surface area contributed by atoms with E-state index in [1.54, 1.807) is 17.1 Å². The van der Waals surface area contributed by atoms with Gasteiger partial charge < -0.3 is 10.0 Å². The van der Waals surface area contributed by atoms with Crippen LogP contribution >= 0.6 is 0 Å². The van der Waals surface area contributed by atoms with Gasteiger partial charge in [-0.05, 0) is 0 Å². The van der Waals surface area contributed by atoms with Crippen molar-refractivity contribution < 1.29 is 14.7 Å². The number of carbonyl (C=O) groups excluding carboxylic acids is 1. The highest BCUT2D eigenvalue weighted by molar-refractivity contribution is 5.79. The minimum atomic E-state index is -0.789. The van der Waals surface area contributed by atoms with Gasteiger partial charge in [0.2, 0.25) is 5.91 Å². The summed E-state index contributed by atoms with van der Waals surface area (Å²) < 4.78 is 0. The number of rotatable bonds is 7. The van der Waals surface area contributed by atoms with Crippen LogP contribution < -0.4 is 0 Å². The van der Waals surface area contributed by atoms with Gasteiger partial charge >= 0.3 is 5.97 Å². The minimum absolute atomic E-state index is 0.0198. The van der Waals surface area contributed by atoms with Crippen LogP contribution in [0.15, 0.2) is 25.3 Å². The Kier molecular flexibility index (Phi) is 4.90. The molecule has 1 N–H and O–H groups in total. The minimum Gasteiger partial charge on any atom is -0.481 e. The van der Waals surface area contributed by atoms with E-state index in [0.29, 0.717) is 26.2 Å². The third-order valence-electron chi connectivity index (χ3n) is 2.72. The highest BCUT2D eigenvalue weighted by Crippen LogP contribution is 2.15. The quantitative estimate of drug-likeness (QED) is 0.644. The van der Waals surface area contributed by atoms with Gasteiger partial charge in [0.15, 0.2) is 0 Å². The Morgan fingerprint density at radius 1 is 1.29 bits per heavy atom. The fraction of sp³-hybridized carbons (Fsp3) is 0.500. The highest BCUT2D eigenvalue weighted by atomic mass is 16.4. The molecule has 0 aromatic rings. The second kappa shape index (κ2) is 6.20. The normalized spacial score (nSPS) is 16.0. The first-order chi connectivity index (χ1) is 8.08. The summed E-state index contributed by atoms with van der Waals surface area (Å²) in [6.45, 7) is 9.34. The van der Waals surface area contributed by atoms with Crippen molar-refractivity contribution in [3.05, 3.63) is 25.3 Å². The van der Waals surface area contributed by atoms with Crippen LogP contribution in [-0.2, 0) is 9.59 Å². The summed E-state index contributed by atoms with van der Waals surface area (Å²) in [5.41, 5.74) is 0. The molecule has 1 aliphatic heterocycles. The smallest absolute Gasteiger partial charge is 0.309 e. The summed E-state index contributed by atoms with van der Waals surface area (Å²) in [5, 5.41) is 8.71. The molecule has 5 nitrogen and oxygen atoms in total. The van der Waals surface area contributed by atoms with Crippen molar-refractivity contribution in [2.75, 3.05) is 32.7 Å². The third-order valence-corrected chi connectivity index (χ3v) is 2.72. The summed E-state index contributed by atoms with van der Waals surface area (Å²) in [7, 11) is 0. The summed E-state index contributed by atoms with van der Waals surface area (Å²) >= 11 is 0. The van der Waals surface area contributed by atoms with E-state index in [2.05, 4.69) is 13.2 Å². The molecule has 0 radical (unpaired) electrons. The summed E-state index contributed by atoms with van der Waals surface area (Å²) in [6.07, 6.45) is 3.33. The lowest BCUT2D eigenvalue weighted by Gasteiger charge is -2.37. The molecule has 1 fully saturated rings. The van der Waals surface area contributed by atoms with Crippen LogP contribution in [0, 0.1) is 5.92 Å². The summed E-state index contributed by atoms with van der Waals surface area (Å²) in [6, 6.07) is 0. The van der Waals surface area contributed by atoms with Crippen LogP contribution in [0.1, 0.15) is 0 Å². The van der Waals surface area contributed by atoms with Crippen LogP contribution in [0.5, 0.6) is 0 Å². The van der Waals surface area contributed by atoms with Crippen LogP contribution in [0.3, 0.4) is 0 Å². The lowest BCUT2D eigenvalue weighted by Crippen LogP contribution is -2.54. The number of likely N-dealkylation sites (tertiary alicyclic amines) is 1. The van der Waals surface area contributed by atoms with E-state index >= 15 is 0 Å². The molecule has 0 spiro atoms. The van der Waals surface area contributed by atoms with Gasteiger partial charge in [-0.1, -0.05) is 12.2 Å². The van der Waals surface area contributed by atoms with E-state index in [1.165, 1.54) is 0 Å². The van der Waals surface area contributed by atoms with Crippen LogP contribution in [0.2, 0.25) is 0 Å². The van der Waals surface area contributed by atoms with E-state index in [9.17, 15) is 9.59 Å². The van der Waals surface area contributed by atoms with Gasteiger partial charge in [0.25, 0.3) is 0 Å². The van der Waals surface area contributed by atoms with Gasteiger partial charge in [0, 0.05) is 26.2 Å². The Balaban J connectivity index is 2.35. The molecule has 0 aliphatic carbocycles. The maximum atomic E-state index is 11.8. The van der Waals surface area contributed by atoms with Gasteiger partial charge in [-0.3, -0.25) is 14.5 Å². The number of carboxylic acids is 1. The monoisotopic (exact) mass is 238 g/mol. The van der Waals surface area contributed by atoms with Crippen molar-refractivity contribution in [1.29, 1.82) is 0 Å². The second-order valence-electron chi connectivity index (χ2n) is 4.11. The van der Waals surface area contributed by atoms with Crippen LogP contribution in [0.25, 0.3) is 0 Å². The average Bonchev–Trinajstić information content (AvgIpc) is 2.21. The Morgan fingerprint density at radius 2 is 1.82 bits per heavy atom. The number of carbonyl (C=O) groups is 2. The predicted octanol–water partition coefficient (Wildman–Crippen LogP) is 0.203. The lowest BCUT2D eigenvalue weighted by atomic mass is 10.0. The molecule has 0 bridgehead atoms. The van der Waals surface area contributed by atoms with Crippen LogP contribution in [0.4, 0.5) is 0 Å². The van der Waals surface area contributed by atoms with Crippen molar-refractivity contribution >= 4 is 11.9 Å². The number of hydrogen-bond acceptors (Lipinski definition) is 3. The first-order valence-corrected chi connectivity index (χ1v) is 5.53. The summed E-state index contributed by atoms with van der Waals surface area (Å²) in [5.74, 6) is -1.13. The van der Waals surface area contributed by atoms with E-state index in [1.807, 2.05) is 4.90 Å². The summed E-state index contributed by atoms with van der Waals surface area (Å²) in [4.78, 5) is 25.9. The van der Waals surface area contributed by atoms with Gasteiger partial charge in [-0.25, -0.2) is 0 Å². The topological polar surface area (TPSA) is 60.9 Å². The zero-order chi connectivity index (χ0) is 12.8. The van der Waals surface area contributed by atoms with Crippen molar-refractivity contribution in [1.82, 2.24) is 9.80 Å². The molecule has 1 heterocycles. The van der Waals surface area contributed by atoms with E-state index < -0.39 is 5.97 Å². The van der Waals surface area contributed by atoms with Gasteiger partial charge in [-0.2, -0.15) is 0 Å². The molecule has 0 saturated carbocycles. The molecule has 0 aromatic carbocycles. The number of carboxylic acid groups (broad SMARTS) is 1. The lowest BCUT2D eigenvalue weighted by molar-refractivity contribution is -0.149. The number of amides is 1. The molecule has 5 heteroatoms. The number of hydrogen-bond donors (Lipinski definition) is 1. The first-order valence-electron chi connectivity index (χ1n) is 5.53. The third kappa shape index (κ3) is 3.71. The molecular formula is C12H18N2O3. The fourth-order valence-corrected chi connectivity index (χ4v) is 1.74. The SMILES string of the molecule is C=CCN(CC=C)C(=O)CN1CC(C(=O)O)C1. The Bertz CT molecular complexity index is 312. The Labute approximate surface area is 101 Å². The van der Waals surface area contributed by atoms with Gasteiger partial charge in [0.1, 0.15) is 0 Å². The second-order valence-corrected chi connectivity index (χ2v) is 4.11. The van der Waals surface area contributed by atoms with Crippen molar-refractivity contribution in [3.8, 4) is 0 Å². The molecule has 1 rings (SSSR count). The van der Waals surface area contributed by atoms with Gasteiger partial charge in [0.05, 0.1) is 12.5 Å².